The van der Waals surface area contributed by atoms with E-state index in [9.17, 15) is 13.2 Å². The quantitative estimate of drug-likeness (QED) is 0.681. The summed E-state index contributed by atoms with van der Waals surface area (Å²) in [5, 5.41) is 0.263. The van der Waals surface area contributed by atoms with E-state index in [1.54, 1.807) is 0 Å². The van der Waals surface area contributed by atoms with E-state index in [0.29, 0.717) is 13.0 Å². The molecule has 1 aliphatic heterocycles. The molecule has 1 nitrogen and oxygen atoms in total. The van der Waals surface area contributed by atoms with Gasteiger partial charge in [0.25, 0.3) is 0 Å². The van der Waals surface area contributed by atoms with Gasteiger partial charge in [-0.15, -0.1) is 0 Å². The molecule has 0 bridgehead atoms. The van der Waals surface area contributed by atoms with Crippen molar-refractivity contribution in [3.8, 4) is 0 Å². The lowest BCUT2D eigenvalue weighted by molar-refractivity contribution is -0.173. The van der Waals surface area contributed by atoms with Gasteiger partial charge < -0.3 is 4.74 Å². The zero-order chi connectivity index (χ0) is 9.24. The second-order valence-electron chi connectivity index (χ2n) is 3.06. The number of halogens is 4. The zero-order valence-electron chi connectivity index (χ0n) is 6.46. The van der Waals surface area contributed by atoms with Crippen LogP contribution in [0.15, 0.2) is 0 Å². The van der Waals surface area contributed by atoms with Gasteiger partial charge in [0, 0.05) is 11.9 Å². The van der Waals surface area contributed by atoms with E-state index >= 15 is 0 Å². The first-order valence-corrected chi connectivity index (χ1v) is 4.86. The topological polar surface area (TPSA) is 9.23 Å². The molecular formula is C7H10BrF3O. The first kappa shape index (κ1) is 10.3. The van der Waals surface area contributed by atoms with Crippen molar-refractivity contribution in [2.45, 2.75) is 31.0 Å². The molecular weight excluding hydrogens is 237 g/mol. The van der Waals surface area contributed by atoms with Crippen molar-refractivity contribution in [2.75, 3.05) is 11.9 Å². The van der Waals surface area contributed by atoms with Crippen molar-refractivity contribution in [2.24, 2.45) is 0 Å². The van der Waals surface area contributed by atoms with E-state index in [1.165, 1.54) is 0 Å². The summed E-state index contributed by atoms with van der Waals surface area (Å²) in [5.74, 6) is 0. The SMILES string of the molecule is FC(F)(F)CC1(CBr)CCCO1. The van der Waals surface area contributed by atoms with Crippen LogP contribution in [0.2, 0.25) is 0 Å². The second-order valence-corrected chi connectivity index (χ2v) is 3.62. The van der Waals surface area contributed by atoms with Gasteiger partial charge in [0.2, 0.25) is 0 Å². The monoisotopic (exact) mass is 246 g/mol. The van der Waals surface area contributed by atoms with Gasteiger partial charge >= 0.3 is 6.18 Å². The first-order chi connectivity index (χ1) is 5.47. The lowest BCUT2D eigenvalue weighted by atomic mass is 9.98. The Labute approximate surface area is 77.4 Å². The smallest absolute Gasteiger partial charge is 0.374 e. The molecule has 1 rings (SSSR count). The summed E-state index contributed by atoms with van der Waals surface area (Å²) in [4.78, 5) is 0. The maximum atomic E-state index is 12.0. The third-order valence-corrected chi connectivity index (χ3v) is 2.97. The molecule has 1 heterocycles. The summed E-state index contributed by atoms with van der Waals surface area (Å²) in [6, 6.07) is 0. The Morgan fingerprint density at radius 1 is 1.42 bits per heavy atom. The van der Waals surface area contributed by atoms with E-state index < -0.39 is 18.2 Å². The lowest BCUT2D eigenvalue weighted by Gasteiger charge is -2.26. The molecule has 12 heavy (non-hydrogen) atoms. The van der Waals surface area contributed by atoms with Gasteiger partial charge in [-0.2, -0.15) is 13.2 Å². The number of rotatable bonds is 2. The van der Waals surface area contributed by atoms with Crippen LogP contribution >= 0.6 is 15.9 Å². The van der Waals surface area contributed by atoms with Crippen molar-refractivity contribution in [3.05, 3.63) is 0 Å². The maximum Gasteiger partial charge on any atom is 0.391 e. The molecule has 0 N–H and O–H groups in total. The number of ether oxygens (including phenoxy) is 1. The highest BCUT2D eigenvalue weighted by atomic mass is 79.9. The van der Waals surface area contributed by atoms with E-state index in [2.05, 4.69) is 15.9 Å². The van der Waals surface area contributed by atoms with Crippen LogP contribution in [0, 0.1) is 0 Å². The van der Waals surface area contributed by atoms with Crippen molar-refractivity contribution in [1.82, 2.24) is 0 Å². The van der Waals surface area contributed by atoms with E-state index in [-0.39, 0.29) is 5.33 Å². The molecule has 1 atom stereocenters. The Hall–Kier alpha value is 0.230. The zero-order valence-corrected chi connectivity index (χ0v) is 8.04. The molecule has 0 spiro atoms. The molecule has 1 saturated heterocycles. The normalized spacial score (nSPS) is 31.0. The molecule has 1 fully saturated rings. The fraction of sp³-hybridized carbons (Fsp3) is 1.00. The van der Waals surface area contributed by atoms with E-state index in [0.717, 1.165) is 6.42 Å². The molecule has 1 aliphatic rings. The lowest BCUT2D eigenvalue weighted by Crippen LogP contribution is -2.35. The molecule has 0 aromatic rings. The van der Waals surface area contributed by atoms with Crippen LogP contribution in [0.3, 0.4) is 0 Å². The Balaban J connectivity index is 2.55. The fourth-order valence-corrected chi connectivity index (χ4v) is 2.05. The number of alkyl halides is 4. The highest BCUT2D eigenvalue weighted by molar-refractivity contribution is 9.09. The van der Waals surface area contributed by atoms with Crippen molar-refractivity contribution < 1.29 is 17.9 Å². The molecule has 0 saturated carbocycles. The van der Waals surface area contributed by atoms with Crippen LogP contribution in [0.25, 0.3) is 0 Å². The molecule has 0 aromatic carbocycles. The van der Waals surface area contributed by atoms with E-state index in [4.69, 9.17) is 4.74 Å². The summed E-state index contributed by atoms with van der Waals surface area (Å²) in [6.45, 7) is 0.446. The summed E-state index contributed by atoms with van der Waals surface area (Å²) in [5.41, 5.74) is -0.988. The average molecular weight is 247 g/mol. The predicted molar refractivity (Wildman–Crippen MR) is 42.4 cm³/mol. The first-order valence-electron chi connectivity index (χ1n) is 3.74. The van der Waals surface area contributed by atoms with Crippen molar-refractivity contribution in [1.29, 1.82) is 0 Å². The average Bonchev–Trinajstić information content (AvgIpc) is 2.34. The van der Waals surface area contributed by atoms with Crippen molar-refractivity contribution >= 4 is 15.9 Å². The fourth-order valence-electron chi connectivity index (χ4n) is 1.41. The standard InChI is InChI=1S/C7H10BrF3O/c8-5-6(2-1-3-12-6)4-7(9,10)11/h1-5H2. The Kier molecular flexibility index (Phi) is 3.04. The van der Waals surface area contributed by atoms with Crippen LogP contribution in [-0.2, 0) is 4.74 Å². The highest BCUT2D eigenvalue weighted by Crippen LogP contribution is 2.37. The molecule has 5 heteroatoms. The summed E-state index contributed by atoms with van der Waals surface area (Å²) >= 11 is 3.06. The van der Waals surface area contributed by atoms with Gasteiger partial charge in [-0.25, -0.2) is 0 Å². The van der Waals surface area contributed by atoms with Crippen LogP contribution in [0.5, 0.6) is 0 Å². The summed E-state index contributed by atoms with van der Waals surface area (Å²) in [7, 11) is 0. The summed E-state index contributed by atoms with van der Waals surface area (Å²) < 4.78 is 41.2. The summed E-state index contributed by atoms with van der Waals surface area (Å²) in [6.07, 6.45) is -3.75. The third kappa shape index (κ3) is 2.62. The van der Waals surface area contributed by atoms with Crippen LogP contribution in [0.4, 0.5) is 13.2 Å². The Morgan fingerprint density at radius 2 is 2.08 bits per heavy atom. The number of hydrogen-bond donors (Lipinski definition) is 0. The minimum atomic E-state index is -4.13. The maximum absolute atomic E-state index is 12.0. The van der Waals surface area contributed by atoms with Crippen molar-refractivity contribution in [3.63, 3.8) is 0 Å². The predicted octanol–water partition coefficient (Wildman–Crippen LogP) is 2.88. The molecule has 0 aromatic heterocycles. The Bertz CT molecular complexity index is 151. The molecule has 0 aliphatic carbocycles. The minimum Gasteiger partial charge on any atom is -0.374 e. The number of hydrogen-bond acceptors (Lipinski definition) is 1. The van der Waals surface area contributed by atoms with E-state index in [1.807, 2.05) is 0 Å². The van der Waals surface area contributed by atoms with Gasteiger partial charge in [-0.1, -0.05) is 15.9 Å². The van der Waals surface area contributed by atoms with Gasteiger partial charge in [0.15, 0.2) is 0 Å². The highest BCUT2D eigenvalue weighted by Gasteiger charge is 2.44. The molecule has 0 radical (unpaired) electrons. The van der Waals surface area contributed by atoms with Gasteiger partial charge in [-0.05, 0) is 12.8 Å². The molecule has 72 valence electrons. The third-order valence-electron chi connectivity index (χ3n) is 1.95. The van der Waals surface area contributed by atoms with Crippen LogP contribution in [0.1, 0.15) is 19.3 Å². The second kappa shape index (κ2) is 3.54. The van der Waals surface area contributed by atoms with Gasteiger partial charge in [0.05, 0.1) is 12.0 Å². The molecule has 1 unspecified atom stereocenters. The Morgan fingerprint density at radius 3 is 2.42 bits per heavy atom. The minimum absolute atomic E-state index is 0.263. The molecule has 0 amide bonds. The van der Waals surface area contributed by atoms with Gasteiger partial charge in [0.1, 0.15) is 0 Å². The van der Waals surface area contributed by atoms with Gasteiger partial charge in [-0.3, -0.25) is 0 Å². The largest absolute Gasteiger partial charge is 0.391 e. The van der Waals surface area contributed by atoms with Crippen LogP contribution < -0.4 is 0 Å². The van der Waals surface area contributed by atoms with Crippen LogP contribution in [-0.4, -0.2) is 23.7 Å².